The Bertz CT molecular complexity index is 761. The Morgan fingerprint density at radius 2 is 2.08 bits per heavy atom. The number of aryl methyl sites for hydroxylation is 1. The topological polar surface area (TPSA) is 100 Å². The zero-order valence-corrected chi connectivity index (χ0v) is 14.9. The van der Waals surface area contributed by atoms with Gasteiger partial charge in [-0.3, -0.25) is 14.7 Å². The maximum Gasteiger partial charge on any atom is 0.248 e. The van der Waals surface area contributed by atoms with E-state index in [1.807, 2.05) is 30.3 Å². The summed E-state index contributed by atoms with van der Waals surface area (Å²) in [4.78, 5) is 30.7. The van der Waals surface area contributed by atoms with Crippen molar-refractivity contribution in [1.29, 1.82) is 0 Å². The first kappa shape index (κ1) is 18.1. The molecule has 26 heavy (non-hydrogen) atoms. The molecule has 2 heterocycles. The first-order valence-electron chi connectivity index (χ1n) is 8.58. The lowest BCUT2D eigenvalue weighted by Gasteiger charge is -2.16. The molecule has 2 N–H and O–H groups in total. The van der Waals surface area contributed by atoms with Crippen LogP contribution in [0.4, 0.5) is 0 Å². The number of amides is 2. The van der Waals surface area contributed by atoms with E-state index in [2.05, 4.69) is 20.5 Å². The molecule has 3 rings (SSSR count). The smallest absolute Gasteiger partial charge is 0.248 e. The summed E-state index contributed by atoms with van der Waals surface area (Å²) in [6.45, 7) is 2.91. The minimum absolute atomic E-state index is 0.0187. The van der Waals surface area contributed by atoms with Gasteiger partial charge in [-0.05, 0) is 12.5 Å². The Labute approximate surface area is 151 Å². The molecule has 2 amide bonds. The predicted octanol–water partition coefficient (Wildman–Crippen LogP) is 0.618. The van der Waals surface area contributed by atoms with Crippen LogP contribution in [0.3, 0.4) is 0 Å². The van der Waals surface area contributed by atoms with Crippen LogP contribution >= 0.6 is 0 Å². The zero-order chi connectivity index (χ0) is 18.5. The van der Waals surface area contributed by atoms with Crippen LogP contribution in [0.1, 0.15) is 23.1 Å². The van der Waals surface area contributed by atoms with E-state index in [0.717, 1.165) is 5.56 Å². The summed E-state index contributed by atoms with van der Waals surface area (Å²) < 4.78 is 5.53. The first-order valence-corrected chi connectivity index (χ1v) is 8.58. The maximum atomic E-state index is 12.5. The summed E-state index contributed by atoms with van der Waals surface area (Å²) in [5.74, 6) is 0.414. The number of benzene rings is 1. The summed E-state index contributed by atoms with van der Waals surface area (Å²) in [7, 11) is 1.59. The van der Waals surface area contributed by atoms with Crippen LogP contribution < -0.4 is 5.32 Å². The van der Waals surface area contributed by atoms with Gasteiger partial charge in [0.15, 0.2) is 5.82 Å². The molecular formula is C18H23N5O3. The minimum atomic E-state index is -0.367. The molecular weight excluding hydrogens is 334 g/mol. The van der Waals surface area contributed by atoms with Gasteiger partial charge >= 0.3 is 0 Å². The van der Waals surface area contributed by atoms with Crippen molar-refractivity contribution in [2.75, 3.05) is 26.7 Å². The number of hydrogen-bond acceptors (Lipinski definition) is 5. The lowest BCUT2D eigenvalue weighted by molar-refractivity contribution is -0.135. The molecule has 1 aliphatic heterocycles. The van der Waals surface area contributed by atoms with Crippen molar-refractivity contribution >= 4 is 11.8 Å². The normalized spacial score (nSPS) is 19.5. The second-order valence-corrected chi connectivity index (χ2v) is 6.38. The Kier molecular flexibility index (Phi) is 5.62. The Morgan fingerprint density at radius 1 is 1.31 bits per heavy atom. The van der Waals surface area contributed by atoms with E-state index in [1.54, 1.807) is 18.9 Å². The summed E-state index contributed by atoms with van der Waals surface area (Å²) >= 11 is 0. The number of H-pyrrole nitrogens is 1. The first-order chi connectivity index (χ1) is 12.6. The molecule has 2 atom stereocenters. The fourth-order valence-corrected chi connectivity index (χ4v) is 3.17. The highest BCUT2D eigenvalue weighted by Crippen LogP contribution is 2.31. The van der Waals surface area contributed by atoms with Gasteiger partial charge in [-0.15, -0.1) is 0 Å². The second-order valence-electron chi connectivity index (χ2n) is 6.38. The van der Waals surface area contributed by atoms with E-state index in [4.69, 9.17) is 4.74 Å². The highest BCUT2D eigenvalue weighted by atomic mass is 16.5. The van der Waals surface area contributed by atoms with Crippen molar-refractivity contribution in [2.45, 2.75) is 19.4 Å². The quantitative estimate of drug-likeness (QED) is 0.789. The van der Waals surface area contributed by atoms with Crippen LogP contribution in [0.15, 0.2) is 30.3 Å². The van der Waals surface area contributed by atoms with E-state index >= 15 is 0 Å². The Hall–Kier alpha value is -2.74. The van der Waals surface area contributed by atoms with Gasteiger partial charge in [0.2, 0.25) is 11.8 Å². The van der Waals surface area contributed by atoms with Gasteiger partial charge in [-0.1, -0.05) is 30.3 Å². The minimum Gasteiger partial charge on any atom is -0.367 e. The van der Waals surface area contributed by atoms with Crippen LogP contribution in [-0.4, -0.2) is 58.6 Å². The summed E-state index contributed by atoms with van der Waals surface area (Å²) in [5, 5.41) is 9.64. The van der Waals surface area contributed by atoms with Crippen molar-refractivity contribution in [1.82, 2.24) is 25.4 Å². The number of hydrogen-bond donors (Lipinski definition) is 2. The molecule has 1 saturated heterocycles. The van der Waals surface area contributed by atoms with Crippen molar-refractivity contribution < 1.29 is 14.3 Å². The molecule has 0 radical (unpaired) electrons. The standard InChI is InChI=1S/C18H23N5O3/c1-12-20-17(22-21-12)14-8-23(9-15(14)18(25)19-2)16(24)11-26-10-13-6-4-3-5-7-13/h3-7,14-15H,8-11H2,1-2H3,(H,19,25)(H,20,21,22)/t14-,15-/m1/s1. The summed E-state index contributed by atoms with van der Waals surface area (Å²) in [6.07, 6.45) is 0. The number of carbonyl (C=O) groups is 2. The molecule has 8 nitrogen and oxygen atoms in total. The summed E-state index contributed by atoms with van der Waals surface area (Å²) in [5.41, 5.74) is 1.01. The van der Waals surface area contributed by atoms with Crippen LogP contribution in [0.5, 0.6) is 0 Å². The van der Waals surface area contributed by atoms with Crippen LogP contribution in [0.25, 0.3) is 0 Å². The van der Waals surface area contributed by atoms with Gasteiger partial charge in [0, 0.05) is 20.1 Å². The second kappa shape index (κ2) is 8.09. The fourth-order valence-electron chi connectivity index (χ4n) is 3.17. The number of likely N-dealkylation sites (tertiary alicyclic amines) is 1. The van der Waals surface area contributed by atoms with E-state index in [9.17, 15) is 9.59 Å². The highest BCUT2D eigenvalue weighted by molar-refractivity contribution is 5.83. The van der Waals surface area contributed by atoms with Gasteiger partial charge in [0.05, 0.1) is 18.4 Å². The third kappa shape index (κ3) is 4.08. The third-order valence-electron chi connectivity index (χ3n) is 4.54. The molecule has 138 valence electrons. The number of aromatic nitrogens is 3. The molecule has 1 aromatic heterocycles. The van der Waals surface area contributed by atoms with Gasteiger partial charge in [-0.25, -0.2) is 4.98 Å². The van der Waals surface area contributed by atoms with E-state index in [1.165, 1.54) is 0 Å². The molecule has 0 saturated carbocycles. The number of nitrogens with one attached hydrogen (secondary N) is 2. The molecule has 0 spiro atoms. The van der Waals surface area contributed by atoms with E-state index in [-0.39, 0.29) is 30.3 Å². The van der Waals surface area contributed by atoms with Gasteiger partial charge in [0.1, 0.15) is 12.4 Å². The molecule has 1 aliphatic rings. The largest absolute Gasteiger partial charge is 0.367 e. The number of rotatable bonds is 6. The van der Waals surface area contributed by atoms with Crippen molar-refractivity contribution in [2.24, 2.45) is 5.92 Å². The van der Waals surface area contributed by atoms with Crippen LogP contribution in [-0.2, 0) is 20.9 Å². The average Bonchev–Trinajstić information content (AvgIpc) is 3.28. The zero-order valence-electron chi connectivity index (χ0n) is 14.9. The third-order valence-corrected chi connectivity index (χ3v) is 4.54. The van der Waals surface area contributed by atoms with Crippen molar-refractivity contribution in [3.63, 3.8) is 0 Å². The monoisotopic (exact) mass is 357 g/mol. The number of carbonyl (C=O) groups excluding carboxylic acids is 2. The molecule has 0 aliphatic carbocycles. The van der Waals surface area contributed by atoms with E-state index < -0.39 is 0 Å². The lowest BCUT2D eigenvalue weighted by Crippen LogP contribution is -2.35. The molecule has 1 fully saturated rings. The SMILES string of the molecule is CNC(=O)[C@@H]1CN(C(=O)COCc2ccccc2)C[C@H]1c1n[nH]c(C)n1. The van der Waals surface area contributed by atoms with Crippen LogP contribution in [0.2, 0.25) is 0 Å². The van der Waals surface area contributed by atoms with Gasteiger partial charge in [0.25, 0.3) is 0 Å². The Balaban J connectivity index is 1.61. The Morgan fingerprint density at radius 3 is 2.73 bits per heavy atom. The lowest BCUT2D eigenvalue weighted by atomic mass is 9.94. The summed E-state index contributed by atoms with van der Waals surface area (Å²) in [6, 6.07) is 9.69. The molecule has 0 unspecified atom stereocenters. The van der Waals surface area contributed by atoms with Crippen LogP contribution in [0, 0.1) is 12.8 Å². The van der Waals surface area contributed by atoms with E-state index in [0.29, 0.717) is 31.3 Å². The highest BCUT2D eigenvalue weighted by Gasteiger charge is 2.41. The van der Waals surface area contributed by atoms with Crippen molar-refractivity contribution in [3.8, 4) is 0 Å². The molecule has 2 aromatic rings. The number of aromatic amines is 1. The molecule has 8 heteroatoms. The van der Waals surface area contributed by atoms with Crippen molar-refractivity contribution in [3.05, 3.63) is 47.5 Å². The number of nitrogens with zero attached hydrogens (tertiary/aromatic N) is 3. The molecule has 1 aromatic carbocycles. The van der Waals surface area contributed by atoms with Gasteiger partial charge < -0.3 is 15.0 Å². The van der Waals surface area contributed by atoms with Gasteiger partial charge in [-0.2, -0.15) is 5.10 Å². The molecule has 0 bridgehead atoms. The maximum absolute atomic E-state index is 12.5. The average molecular weight is 357 g/mol. The number of ether oxygens (including phenoxy) is 1. The predicted molar refractivity (Wildman–Crippen MR) is 94.1 cm³/mol. The fraction of sp³-hybridized carbons (Fsp3) is 0.444.